The lowest BCUT2D eigenvalue weighted by molar-refractivity contribution is 0.250. The molecule has 1 aromatic heterocycles. The smallest absolute Gasteiger partial charge is 0.243 e. The van der Waals surface area contributed by atoms with E-state index in [1.54, 1.807) is 7.05 Å². The zero-order valence-corrected chi connectivity index (χ0v) is 13.4. The van der Waals surface area contributed by atoms with Gasteiger partial charge in [0.2, 0.25) is 16.0 Å². The fraction of sp³-hybridized carbons (Fsp3) is 0.692. The fourth-order valence-corrected chi connectivity index (χ4v) is 3.46. The molecule has 1 aliphatic rings. The molecule has 1 aromatic rings. The topological polar surface area (TPSA) is 87.2 Å². The third kappa shape index (κ3) is 4.36. The molecule has 0 radical (unpaired) electrons. The summed E-state index contributed by atoms with van der Waals surface area (Å²) in [5, 5.41) is 2.75. The van der Waals surface area contributed by atoms with Crippen LogP contribution in [-0.4, -0.2) is 56.5 Å². The summed E-state index contributed by atoms with van der Waals surface area (Å²) in [6.45, 7) is 1.10. The number of anilines is 1. The molecule has 1 aliphatic carbocycles. The second-order valence-electron chi connectivity index (χ2n) is 5.31. The Balaban J connectivity index is 1.85. The van der Waals surface area contributed by atoms with E-state index in [9.17, 15) is 8.42 Å². The standard InChI is InChI=1S/C13H23N5O2S/c1-14-13-15-9-12(10-16-13)21(19,20)17-7-8-18(2)11-5-3-4-6-11/h9-11,17H,3-8H2,1-2H3,(H,14,15,16). The molecule has 0 aromatic carbocycles. The molecule has 1 heterocycles. The van der Waals surface area contributed by atoms with Crippen LogP contribution in [0.15, 0.2) is 17.3 Å². The van der Waals surface area contributed by atoms with Crippen LogP contribution in [0.5, 0.6) is 0 Å². The maximum Gasteiger partial charge on any atom is 0.243 e. The predicted octanol–water partition coefficient (Wildman–Crippen LogP) is 0.671. The minimum atomic E-state index is -3.53. The summed E-state index contributed by atoms with van der Waals surface area (Å²) < 4.78 is 26.8. The Morgan fingerprint density at radius 3 is 2.48 bits per heavy atom. The van der Waals surface area contributed by atoms with Gasteiger partial charge in [-0.15, -0.1) is 0 Å². The molecule has 0 unspecified atom stereocenters. The van der Waals surface area contributed by atoms with E-state index < -0.39 is 10.0 Å². The summed E-state index contributed by atoms with van der Waals surface area (Å²) in [6.07, 6.45) is 7.58. The molecule has 2 N–H and O–H groups in total. The van der Waals surface area contributed by atoms with Crippen LogP contribution < -0.4 is 10.0 Å². The first kappa shape index (κ1) is 16.1. The first-order valence-corrected chi connectivity index (χ1v) is 8.71. The van der Waals surface area contributed by atoms with Crippen LogP contribution in [0.3, 0.4) is 0 Å². The van der Waals surface area contributed by atoms with E-state index in [0.29, 0.717) is 25.1 Å². The number of aromatic nitrogens is 2. The van der Waals surface area contributed by atoms with Crippen molar-refractivity contribution in [2.75, 3.05) is 32.5 Å². The largest absolute Gasteiger partial charge is 0.357 e. The van der Waals surface area contributed by atoms with E-state index in [0.717, 1.165) is 0 Å². The Labute approximate surface area is 126 Å². The van der Waals surface area contributed by atoms with Gasteiger partial charge in [-0.05, 0) is 19.9 Å². The maximum absolute atomic E-state index is 12.1. The average molecular weight is 313 g/mol. The molecule has 0 spiro atoms. The number of hydrogen-bond acceptors (Lipinski definition) is 6. The van der Waals surface area contributed by atoms with Gasteiger partial charge < -0.3 is 10.2 Å². The Kier molecular flexibility index (Phi) is 5.49. The summed E-state index contributed by atoms with van der Waals surface area (Å²) in [5.41, 5.74) is 0. The van der Waals surface area contributed by atoms with Gasteiger partial charge in [0, 0.05) is 26.2 Å². The van der Waals surface area contributed by atoms with Gasteiger partial charge in [0.05, 0.1) is 12.4 Å². The van der Waals surface area contributed by atoms with Crippen molar-refractivity contribution in [1.29, 1.82) is 0 Å². The Morgan fingerprint density at radius 1 is 1.29 bits per heavy atom. The Morgan fingerprint density at radius 2 is 1.90 bits per heavy atom. The molecule has 118 valence electrons. The highest BCUT2D eigenvalue weighted by Gasteiger charge is 2.20. The summed E-state index contributed by atoms with van der Waals surface area (Å²) in [7, 11) is 0.198. The van der Waals surface area contributed by atoms with Gasteiger partial charge in [0.25, 0.3) is 0 Å². The summed E-state index contributed by atoms with van der Waals surface area (Å²) in [5.74, 6) is 0.398. The van der Waals surface area contributed by atoms with Crippen molar-refractivity contribution in [2.45, 2.75) is 36.6 Å². The molecule has 21 heavy (non-hydrogen) atoms. The van der Waals surface area contributed by atoms with Gasteiger partial charge in [-0.3, -0.25) is 0 Å². The number of nitrogens with one attached hydrogen (secondary N) is 2. The molecule has 0 bridgehead atoms. The Hall–Kier alpha value is -1.25. The lowest BCUT2D eigenvalue weighted by atomic mass is 10.2. The third-order valence-electron chi connectivity index (χ3n) is 3.87. The molecular weight excluding hydrogens is 290 g/mol. The van der Waals surface area contributed by atoms with Crippen molar-refractivity contribution in [2.24, 2.45) is 0 Å². The summed E-state index contributed by atoms with van der Waals surface area (Å²) in [6, 6.07) is 0.591. The van der Waals surface area contributed by atoms with Crippen molar-refractivity contribution in [3.63, 3.8) is 0 Å². The van der Waals surface area contributed by atoms with Crippen molar-refractivity contribution < 1.29 is 8.42 Å². The van der Waals surface area contributed by atoms with Crippen LogP contribution in [0.25, 0.3) is 0 Å². The molecule has 8 heteroatoms. The van der Waals surface area contributed by atoms with E-state index >= 15 is 0 Å². The van der Waals surface area contributed by atoms with Crippen LogP contribution >= 0.6 is 0 Å². The monoisotopic (exact) mass is 313 g/mol. The van der Waals surface area contributed by atoms with Crippen molar-refractivity contribution in [3.8, 4) is 0 Å². The first-order chi connectivity index (χ1) is 10.0. The molecule has 2 rings (SSSR count). The highest BCUT2D eigenvalue weighted by atomic mass is 32.2. The van der Waals surface area contributed by atoms with Crippen molar-refractivity contribution >= 4 is 16.0 Å². The van der Waals surface area contributed by atoms with Gasteiger partial charge in [0.15, 0.2) is 0 Å². The van der Waals surface area contributed by atoms with E-state index in [1.807, 2.05) is 0 Å². The highest BCUT2D eigenvalue weighted by molar-refractivity contribution is 7.89. The van der Waals surface area contributed by atoms with Gasteiger partial charge in [-0.2, -0.15) is 0 Å². The predicted molar refractivity (Wildman–Crippen MR) is 81.7 cm³/mol. The number of sulfonamides is 1. The number of rotatable bonds is 7. The van der Waals surface area contributed by atoms with Gasteiger partial charge >= 0.3 is 0 Å². The zero-order valence-electron chi connectivity index (χ0n) is 12.5. The third-order valence-corrected chi connectivity index (χ3v) is 5.28. The Bertz CT molecular complexity index is 540. The quantitative estimate of drug-likeness (QED) is 0.769. The van der Waals surface area contributed by atoms with Crippen LogP contribution in [0.4, 0.5) is 5.95 Å². The second-order valence-corrected chi connectivity index (χ2v) is 7.08. The van der Waals surface area contributed by atoms with E-state index in [2.05, 4.69) is 32.0 Å². The zero-order chi connectivity index (χ0) is 15.3. The minimum Gasteiger partial charge on any atom is -0.357 e. The second kappa shape index (κ2) is 7.15. The van der Waals surface area contributed by atoms with Crippen LogP contribution in [0, 0.1) is 0 Å². The van der Waals surface area contributed by atoms with Crippen LogP contribution in [0.1, 0.15) is 25.7 Å². The lowest BCUT2D eigenvalue weighted by Gasteiger charge is -2.23. The molecule has 1 fully saturated rings. The summed E-state index contributed by atoms with van der Waals surface area (Å²) >= 11 is 0. The van der Waals surface area contributed by atoms with Crippen molar-refractivity contribution in [3.05, 3.63) is 12.4 Å². The number of nitrogens with zero attached hydrogens (tertiary/aromatic N) is 3. The average Bonchev–Trinajstić information content (AvgIpc) is 3.01. The maximum atomic E-state index is 12.1. The molecule has 1 saturated carbocycles. The lowest BCUT2D eigenvalue weighted by Crippen LogP contribution is -2.37. The minimum absolute atomic E-state index is 0.0880. The fourth-order valence-electron chi connectivity index (χ4n) is 2.55. The van der Waals surface area contributed by atoms with Gasteiger partial charge in [-0.25, -0.2) is 23.1 Å². The normalized spacial score (nSPS) is 16.5. The highest BCUT2D eigenvalue weighted by Crippen LogP contribution is 2.21. The van der Waals surface area contributed by atoms with Gasteiger partial charge in [0.1, 0.15) is 4.90 Å². The molecule has 7 nitrogen and oxygen atoms in total. The van der Waals surface area contributed by atoms with Crippen LogP contribution in [-0.2, 0) is 10.0 Å². The summed E-state index contributed by atoms with van der Waals surface area (Å²) in [4.78, 5) is 10.2. The molecule has 0 aliphatic heterocycles. The molecule has 0 atom stereocenters. The first-order valence-electron chi connectivity index (χ1n) is 7.22. The van der Waals surface area contributed by atoms with E-state index in [-0.39, 0.29) is 4.90 Å². The number of hydrogen-bond donors (Lipinski definition) is 2. The van der Waals surface area contributed by atoms with Gasteiger partial charge in [-0.1, -0.05) is 12.8 Å². The molecular formula is C13H23N5O2S. The van der Waals surface area contributed by atoms with E-state index in [4.69, 9.17) is 0 Å². The van der Waals surface area contributed by atoms with Crippen LogP contribution in [0.2, 0.25) is 0 Å². The number of likely N-dealkylation sites (N-methyl/N-ethyl adjacent to an activating group) is 1. The van der Waals surface area contributed by atoms with Crippen molar-refractivity contribution in [1.82, 2.24) is 19.6 Å². The molecule has 0 saturated heterocycles. The molecule has 0 amide bonds. The van der Waals surface area contributed by atoms with E-state index in [1.165, 1.54) is 38.1 Å². The SMILES string of the molecule is CNc1ncc(S(=O)(=O)NCCN(C)C2CCCC2)cn1.